The predicted molar refractivity (Wildman–Crippen MR) is 103 cm³/mol. The summed E-state index contributed by atoms with van der Waals surface area (Å²) in [5, 5.41) is 3.31. The highest BCUT2D eigenvalue weighted by molar-refractivity contribution is 7.92. The first-order valence-corrected chi connectivity index (χ1v) is 10.0. The Morgan fingerprint density at radius 1 is 1.12 bits per heavy atom. The Labute approximate surface area is 153 Å². The van der Waals surface area contributed by atoms with E-state index in [0.717, 1.165) is 17.4 Å². The lowest BCUT2D eigenvalue weighted by Gasteiger charge is -2.24. The molecular weight excluding hydrogens is 360 g/mol. The summed E-state index contributed by atoms with van der Waals surface area (Å²) in [6.45, 7) is 3.76. The lowest BCUT2D eigenvalue weighted by atomic mass is 10.2. The van der Waals surface area contributed by atoms with Gasteiger partial charge in [0.1, 0.15) is 0 Å². The normalized spacial score (nSPS) is 11.2. The van der Waals surface area contributed by atoms with E-state index in [1.165, 1.54) is 4.31 Å². The molecule has 25 heavy (non-hydrogen) atoms. The molecule has 0 heterocycles. The molecule has 0 saturated heterocycles. The summed E-state index contributed by atoms with van der Waals surface area (Å²) in [7, 11) is -3.49. The number of sulfonamides is 1. The van der Waals surface area contributed by atoms with Crippen LogP contribution in [0.15, 0.2) is 42.5 Å². The number of nitrogens with one attached hydrogen (secondary N) is 1. The molecule has 0 aliphatic heterocycles. The van der Waals surface area contributed by atoms with Gasteiger partial charge >= 0.3 is 0 Å². The van der Waals surface area contributed by atoms with E-state index in [9.17, 15) is 13.2 Å². The summed E-state index contributed by atoms with van der Waals surface area (Å²) in [5.74, 6) is -0.271. The second-order valence-electron chi connectivity index (χ2n) is 5.88. The lowest BCUT2D eigenvalue weighted by Crippen LogP contribution is -2.33. The van der Waals surface area contributed by atoms with Crippen LogP contribution in [0.2, 0.25) is 5.02 Å². The predicted octanol–water partition coefficient (Wildman–Crippen LogP) is 3.75. The van der Waals surface area contributed by atoms with Crippen molar-refractivity contribution in [3.63, 3.8) is 0 Å². The zero-order valence-electron chi connectivity index (χ0n) is 14.4. The molecule has 0 aliphatic carbocycles. The molecule has 0 saturated carbocycles. The molecule has 134 valence electrons. The molecular formula is C18H21ClN2O3S. The third-order valence-corrected chi connectivity index (χ3v) is 5.22. The van der Waals surface area contributed by atoms with Gasteiger partial charge in [0.25, 0.3) is 0 Å². The summed E-state index contributed by atoms with van der Waals surface area (Å²) < 4.78 is 25.5. The zero-order chi connectivity index (χ0) is 18.6. The lowest BCUT2D eigenvalue weighted by molar-refractivity contribution is -0.116. The van der Waals surface area contributed by atoms with Crippen molar-refractivity contribution in [2.45, 2.75) is 20.3 Å². The van der Waals surface area contributed by atoms with Gasteiger partial charge in [0.05, 0.1) is 11.9 Å². The molecule has 0 unspecified atom stereocenters. The summed E-state index contributed by atoms with van der Waals surface area (Å²) in [6, 6.07) is 12.4. The number of hydrogen-bond acceptors (Lipinski definition) is 3. The van der Waals surface area contributed by atoms with Crippen LogP contribution >= 0.6 is 11.6 Å². The second kappa shape index (κ2) is 7.89. The molecule has 0 radical (unpaired) electrons. The average Bonchev–Trinajstić information content (AvgIpc) is 2.51. The van der Waals surface area contributed by atoms with Gasteiger partial charge in [0.2, 0.25) is 15.9 Å². The van der Waals surface area contributed by atoms with E-state index in [0.29, 0.717) is 16.4 Å². The topological polar surface area (TPSA) is 66.5 Å². The molecule has 2 rings (SSSR count). The van der Waals surface area contributed by atoms with Crippen LogP contribution in [0, 0.1) is 13.8 Å². The van der Waals surface area contributed by atoms with Gasteiger partial charge in [-0.25, -0.2) is 8.42 Å². The molecule has 0 aliphatic rings. The number of carbonyl (C=O) groups excluding carboxylic acids is 1. The fourth-order valence-corrected chi connectivity index (χ4v) is 3.61. The van der Waals surface area contributed by atoms with Crippen LogP contribution < -0.4 is 9.62 Å². The number of rotatable bonds is 6. The Morgan fingerprint density at radius 3 is 2.44 bits per heavy atom. The van der Waals surface area contributed by atoms with Crippen molar-refractivity contribution in [1.82, 2.24) is 0 Å². The highest BCUT2D eigenvalue weighted by Gasteiger charge is 2.20. The highest BCUT2D eigenvalue weighted by Crippen LogP contribution is 2.23. The van der Waals surface area contributed by atoms with Crippen molar-refractivity contribution in [3.05, 3.63) is 58.6 Å². The number of halogens is 1. The number of para-hydroxylation sites is 1. The fourth-order valence-electron chi connectivity index (χ4n) is 2.45. The molecule has 0 aromatic heterocycles. The van der Waals surface area contributed by atoms with Crippen LogP contribution in [0.1, 0.15) is 17.5 Å². The van der Waals surface area contributed by atoms with Gasteiger partial charge in [0, 0.05) is 23.7 Å². The molecule has 7 heteroatoms. The number of carbonyl (C=O) groups is 1. The summed E-state index contributed by atoms with van der Waals surface area (Å²) in [5.41, 5.74) is 2.92. The molecule has 0 bridgehead atoms. The first-order chi connectivity index (χ1) is 11.7. The maximum Gasteiger partial charge on any atom is 0.232 e. The van der Waals surface area contributed by atoms with Gasteiger partial charge in [-0.1, -0.05) is 35.9 Å². The van der Waals surface area contributed by atoms with Gasteiger partial charge in [-0.15, -0.1) is 0 Å². The van der Waals surface area contributed by atoms with Gasteiger partial charge < -0.3 is 5.32 Å². The van der Waals surface area contributed by atoms with Crippen LogP contribution in [-0.4, -0.2) is 27.1 Å². The van der Waals surface area contributed by atoms with E-state index < -0.39 is 10.0 Å². The summed E-state index contributed by atoms with van der Waals surface area (Å²) >= 11 is 5.95. The Bertz CT molecular complexity index is 882. The molecule has 0 fully saturated rings. The third-order valence-electron chi connectivity index (χ3n) is 3.80. The standard InChI is InChI=1S/C18H21ClN2O3S/c1-13-8-9-15(19)12-16(13)20-18(22)10-11-21(25(3,23)24)17-7-5-4-6-14(17)2/h4-9,12H,10-11H2,1-3H3,(H,20,22). The van der Waals surface area contributed by atoms with Gasteiger partial charge in [0.15, 0.2) is 0 Å². The second-order valence-corrected chi connectivity index (χ2v) is 8.22. The van der Waals surface area contributed by atoms with Crippen LogP contribution in [0.3, 0.4) is 0 Å². The Hall–Kier alpha value is -2.05. The van der Waals surface area contributed by atoms with E-state index in [4.69, 9.17) is 11.6 Å². The molecule has 2 aromatic rings. The first-order valence-electron chi connectivity index (χ1n) is 7.78. The third kappa shape index (κ3) is 5.21. The quantitative estimate of drug-likeness (QED) is 0.829. The minimum absolute atomic E-state index is 0.0351. The van der Waals surface area contributed by atoms with Crippen molar-refractivity contribution in [2.24, 2.45) is 0 Å². The molecule has 5 nitrogen and oxygen atoms in total. The Balaban J connectivity index is 2.12. The number of hydrogen-bond donors (Lipinski definition) is 1. The Kier molecular flexibility index (Phi) is 6.08. The largest absolute Gasteiger partial charge is 0.326 e. The maximum atomic E-state index is 12.2. The van der Waals surface area contributed by atoms with Crippen molar-refractivity contribution < 1.29 is 13.2 Å². The molecule has 2 aromatic carbocycles. The average molecular weight is 381 g/mol. The van der Waals surface area contributed by atoms with E-state index in [1.54, 1.807) is 24.3 Å². The highest BCUT2D eigenvalue weighted by atomic mass is 35.5. The number of amides is 1. The molecule has 0 atom stereocenters. The summed E-state index contributed by atoms with van der Waals surface area (Å²) in [6.07, 6.45) is 1.17. The van der Waals surface area contributed by atoms with Crippen molar-refractivity contribution in [3.8, 4) is 0 Å². The molecule has 1 amide bonds. The maximum absolute atomic E-state index is 12.2. The first kappa shape index (κ1) is 19.3. The van der Waals surface area contributed by atoms with Crippen LogP contribution in [-0.2, 0) is 14.8 Å². The van der Waals surface area contributed by atoms with E-state index in [1.807, 2.05) is 32.0 Å². The fraction of sp³-hybridized carbons (Fsp3) is 0.278. The van der Waals surface area contributed by atoms with E-state index in [-0.39, 0.29) is 18.9 Å². The van der Waals surface area contributed by atoms with Gasteiger partial charge in [-0.3, -0.25) is 9.10 Å². The Morgan fingerprint density at radius 2 is 1.80 bits per heavy atom. The van der Waals surface area contributed by atoms with Crippen LogP contribution in [0.5, 0.6) is 0 Å². The minimum atomic E-state index is -3.49. The van der Waals surface area contributed by atoms with Crippen molar-refractivity contribution in [2.75, 3.05) is 22.4 Å². The van der Waals surface area contributed by atoms with Crippen molar-refractivity contribution >= 4 is 38.9 Å². The number of anilines is 2. The van der Waals surface area contributed by atoms with Gasteiger partial charge in [-0.05, 0) is 43.2 Å². The van der Waals surface area contributed by atoms with E-state index >= 15 is 0 Å². The van der Waals surface area contributed by atoms with E-state index in [2.05, 4.69) is 5.32 Å². The monoisotopic (exact) mass is 380 g/mol. The van der Waals surface area contributed by atoms with Crippen LogP contribution in [0.4, 0.5) is 11.4 Å². The SMILES string of the molecule is Cc1ccc(Cl)cc1NC(=O)CCN(c1ccccc1C)S(C)(=O)=O. The zero-order valence-corrected chi connectivity index (χ0v) is 16.0. The van der Waals surface area contributed by atoms with Gasteiger partial charge in [-0.2, -0.15) is 0 Å². The summed E-state index contributed by atoms with van der Waals surface area (Å²) in [4.78, 5) is 12.2. The minimum Gasteiger partial charge on any atom is -0.326 e. The van der Waals surface area contributed by atoms with Crippen LogP contribution in [0.25, 0.3) is 0 Å². The number of nitrogens with zero attached hydrogens (tertiary/aromatic N) is 1. The molecule has 0 spiro atoms. The molecule has 1 N–H and O–H groups in total. The smallest absolute Gasteiger partial charge is 0.232 e. The van der Waals surface area contributed by atoms with Crippen molar-refractivity contribution in [1.29, 1.82) is 0 Å². The number of aryl methyl sites for hydroxylation is 2. The number of benzene rings is 2.